The summed E-state index contributed by atoms with van der Waals surface area (Å²) >= 11 is 0. The van der Waals surface area contributed by atoms with Crippen molar-refractivity contribution >= 4 is 11.6 Å². The molecule has 6 nitrogen and oxygen atoms in total. The fourth-order valence-electron chi connectivity index (χ4n) is 2.68. The first-order valence-corrected chi connectivity index (χ1v) is 8.11. The number of anilines is 1. The highest BCUT2D eigenvalue weighted by molar-refractivity contribution is 5.97. The van der Waals surface area contributed by atoms with Crippen LogP contribution in [0.2, 0.25) is 0 Å². The minimum atomic E-state index is -4.53. The molecule has 0 radical (unpaired) electrons. The van der Waals surface area contributed by atoms with Crippen LogP contribution in [0.3, 0.4) is 0 Å². The Labute approximate surface area is 149 Å². The van der Waals surface area contributed by atoms with Crippen molar-refractivity contribution in [3.8, 4) is 6.07 Å². The highest BCUT2D eigenvalue weighted by atomic mass is 19.4. The molecule has 1 saturated heterocycles. The number of rotatable bonds is 5. The molecule has 0 bridgehead atoms. The molecular formula is C17H20F3N5O. The molecule has 1 fully saturated rings. The van der Waals surface area contributed by atoms with Crippen LogP contribution in [0.15, 0.2) is 36.0 Å². The molecule has 0 atom stereocenters. The maximum atomic E-state index is 13.0. The topological polar surface area (TPSA) is 85.4 Å². The van der Waals surface area contributed by atoms with E-state index in [0.717, 1.165) is 18.8 Å². The lowest BCUT2D eigenvalue weighted by Gasteiger charge is -2.34. The predicted octanol–water partition coefficient (Wildman–Crippen LogP) is 1.63. The summed E-state index contributed by atoms with van der Waals surface area (Å²) in [6.45, 7) is 3.44. The first kappa shape index (κ1) is 19.8. The van der Waals surface area contributed by atoms with Crippen LogP contribution in [0.4, 0.5) is 18.9 Å². The Morgan fingerprint density at radius 3 is 2.50 bits per heavy atom. The van der Waals surface area contributed by atoms with Crippen LogP contribution in [0.1, 0.15) is 5.56 Å². The van der Waals surface area contributed by atoms with Gasteiger partial charge in [-0.05, 0) is 12.1 Å². The minimum absolute atomic E-state index is 0.215. The molecule has 1 aliphatic heterocycles. The number of piperazine rings is 1. The number of para-hydroxylation sites is 1. The number of hydrogen-bond donors (Lipinski definition) is 2. The molecule has 1 aromatic rings. The van der Waals surface area contributed by atoms with E-state index in [9.17, 15) is 23.2 Å². The van der Waals surface area contributed by atoms with Gasteiger partial charge in [-0.3, -0.25) is 9.69 Å². The summed E-state index contributed by atoms with van der Waals surface area (Å²) in [6.07, 6.45) is -3.51. The quantitative estimate of drug-likeness (QED) is 0.610. The number of amides is 1. The molecule has 26 heavy (non-hydrogen) atoms. The van der Waals surface area contributed by atoms with E-state index in [1.165, 1.54) is 23.1 Å². The Morgan fingerprint density at radius 2 is 1.92 bits per heavy atom. The second-order valence-corrected chi connectivity index (χ2v) is 5.78. The summed E-state index contributed by atoms with van der Waals surface area (Å²) < 4.78 is 39.0. The first-order valence-electron chi connectivity index (χ1n) is 8.11. The minimum Gasteiger partial charge on any atom is -0.360 e. The normalized spacial score (nSPS) is 16.3. The largest absolute Gasteiger partial charge is 0.418 e. The van der Waals surface area contributed by atoms with Gasteiger partial charge in [0.05, 0.1) is 11.3 Å². The highest BCUT2D eigenvalue weighted by Crippen LogP contribution is 2.34. The maximum Gasteiger partial charge on any atom is 0.418 e. The molecule has 9 heteroatoms. The van der Waals surface area contributed by atoms with Crippen molar-refractivity contribution in [3.05, 3.63) is 41.6 Å². The van der Waals surface area contributed by atoms with Crippen LogP contribution in [0.5, 0.6) is 0 Å². The maximum absolute atomic E-state index is 13.0. The van der Waals surface area contributed by atoms with Crippen molar-refractivity contribution in [2.24, 2.45) is 5.73 Å². The lowest BCUT2D eigenvalue weighted by molar-refractivity contribution is -0.137. The van der Waals surface area contributed by atoms with Gasteiger partial charge >= 0.3 is 6.18 Å². The van der Waals surface area contributed by atoms with Crippen molar-refractivity contribution < 1.29 is 18.0 Å². The van der Waals surface area contributed by atoms with Gasteiger partial charge in [0.15, 0.2) is 0 Å². The summed E-state index contributed by atoms with van der Waals surface area (Å²) in [5.41, 5.74) is 4.18. The summed E-state index contributed by atoms with van der Waals surface area (Å²) in [4.78, 5) is 16.0. The summed E-state index contributed by atoms with van der Waals surface area (Å²) in [6, 6.07) is 6.64. The van der Waals surface area contributed by atoms with Gasteiger partial charge in [-0.25, -0.2) is 0 Å². The number of nitrogens with zero attached hydrogens (tertiary/aromatic N) is 3. The average molecular weight is 367 g/mol. The van der Waals surface area contributed by atoms with Crippen molar-refractivity contribution in [1.29, 1.82) is 5.26 Å². The third-order valence-corrected chi connectivity index (χ3v) is 4.06. The zero-order valence-electron chi connectivity index (χ0n) is 14.1. The van der Waals surface area contributed by atoms with Gasteiger partial charge in [0, 0.05) is 45.5 Å². The number of nitrogens with one attached hydrogen (secondary N) is 1. The Morgan fingerprint density at radius 1 is 1.27 bits per heavy atom. The summed E-state index contributed by atoms with van der Waals surface area (Å²) in [7, 11) is 0. The number of benzene rings is 1. The molecule has 0 aromatic heterocycles. The smallest absolute Gasteiger partial charge is 0.360 e. The second-order valence-electron chi connectivity index (χ2n) is 5.78. The number of carbonyl (C=O) groups is 1. The van der Waals surface area contributed by atoms with Gasteiger partial charge in [0.1, 0.15) is 11.6 Å². The third kappa shape index (κ3) is 4.97. The van der Waals surface area contributed by atoms with Gasteiger partial charge in [0.2, 0.25) is 0 Å². The van der Waals surface area contributed by atoms with E-state index in [4.69, 9.17) is 5.73 Å². The number of carbonyl (C=O) groups excluding carboxylic acids is 1. The number of alkyl halides is 3. The molecule has 140 valence electrons. The van der Waals surface area contributed by atoms with Crippen molar-refractivity contribution in [2.75, 3.05) is 44.6 Å². The average Bonchev–Trinajstić information content (AvgIpc) is 2.62. The molecule has 0 unspecified atom stereocenters. The molecule has 1 heterocycles. The van der Waals surface area contributed by atoms with Crippen LogP contribution in [0, 0.1) is 11.3 Å². The third-order valence-electron chi connectivity index (χ3n) is 4.06. The molecule has 3 N–H and O–H groups in total. The monoisotopic (exact) mass is 367 g/mol. The SMILES string of the molecule is N#C/C(=C/Nc1ccccc1C(F)(F)F)C(=O)N1CCN(CCN)CC1. The van der Waals surface area contributed by atoms with Gasteiger partial charge in [-0.2, -0.15) is 18.4 Å². The second kappa shape index (κ2) is 8.69. The van der Waals surface area contributed by atoms with Crippen molar-refractivity contribution in [1.82, 2.24) is 9.80 Å². The van der Waals surface area contributed by atoms with Crippen LogP contribution in [0.25, 0.3) is 0 Å². The molecule has 0 spiro atoms. The van der Waals surface area contributed by atoms with Crippen LogP contribution in [-0.2, 0) is 11.0 Å². The van der Waals surface area contributed by atoms with Gasteiger partial charge < -0.3 is 16.0 Å². The molecule has 0 aliphatic carbocycles. The lowest BCUT2D eigenvalue weighted by atomic mass is 10.1. The van der Waals surface area contributed by atoms with E-state index in [1.807, 2.05) is 0 Å². The van der Waals surface area contributed by atoms with E-state index in [1.54, 1.807) is 6.07 Å². The Balaban J connectivity index is 2.08. The number of halogens is 3. The highest BCUT2D eigenvalue weighted by Gasteiger charge is 2.33. The van der Waals surface area contributed by atoms with E-state index in [2.05, 4.69) is 10.2 Å². The van der Waals surface area contributed by atoms with Crippen molar-refractivity contribution in [2.45, 2.75) is 6.18 Å². The Bertz CT molecular complexity index is 703. The van der Waals surface area contributed by atoms with E-state index in [-0.39, 0.29) is 11.3 Å². The van der Waals surface area contributed by atoms with E-state index in [0.29, 0.717) is 32.7 Å². The predicted molar refractivity (Wildman–Crippen MR) is 90.8 cm³/mol. The number of nitriles is 1. The Hall–Kier alpha value is -2.57. The molecule has 2 rings (SSSR count). The molecule has 1 amide bonds. The Kier molecular flexibility index (Phi) is 6.60. The standard InChI is InChI=1S/C17H20F3N5O/c18-17(19,20)14-3-1-2-4-15(14)23-12-13(11-22)16(26)25-9-7-24(6-5-21)8-10-25/h1-4,12,23H,5-10,21H2/b13-12-. The van der Waals surface area contributed by atoms with Crippen LogP contribution >= 0.6 is 0 Å². The van der Waals surface area contributed by atoms with Crippen molar-refractivity contribution in [3.63, 3.8) is 0 Å². The number of nitrogens with two attached hydrogens (primary N) is 1. The van der Waals surface area contributed by atoms with Gasteiger partial charge in [-0.15, -0.1) is 0 Å². The first-order chi connectivity index (χ1) is 12.4. The van der Waals surface area contributed by atoms with E-state index >= 15 is 0 Å². The lowest BCUT2D eigenvalue weighted by Crippen LogP contribution is -2.50. The van der Waals surface area contributed by atoms with Gasteiger partial charge in [0.25, 0.3) is 5.91 Å². The van der Waals surface area contributed by atoms with Crippen LogP contribution in [-0.4, -0.2) is 55.0 Å². The fourth-order valence-corrected chi connectivity index (χ4v) is 2.68. The zero-order chi connectivity index (χ0) is 19.2. The molecular weight excluding hydrogens is 347 g/mol. The summed E-state index contributed by atoms with van der Waals surface area (Å²) in [5, 5.41) is 11.7. The summed E-state index contributed by atoms with van der Waals surface area (Å²) in [5.74, 6) is -0.503. The molecule has 1 aromatic carbocycles. The zero-order valence-corrected chi connectivity index (χ0v) is 14.1. The van der Waals surface area contributed by atoms with Gasteiger partial charge in [-0.1, -0.05) is 12.1 Å². The van der Waals surface area contributed by atoms with E-state index < -0.39 is 17.6 Å². The van der Waals surface area contributed by atoms with Crippen LogP contribution < -0.4 is 11.1 Å². The molecule has 0 saturated carbocycles. The molecule has 1 aliphatic rings. The fraction of sp³-hybridized carbons (Fsp3) is 0.412. The number of hydrogen-bond acceptors (Lipinski definition) is 5.